The monoisotopic (exact) mass is 365 g/mol. The second-order valence-corrected chi connectivity index (χ2v) is 4.90. The molecule has 1 rings (SSSR count). The van der Waals surface area contributed by atoms with Crippen molar-refractivity contribution in [2.45, 2.75) is 0 Å². The summed E-state index contributed by atoms with van der Waals surface area (Å²) in [6.07, 6.45) is 0. The number of benzene rings is 1. The van der Waals surface area contributed by atoms with Crippen LogP contribution in [-0.4, -0.2) is 40.6 Å². The summed E-state index contributed by atoms with van der Waals surface area (Å²) in [5, 5.41) is 33.1. The van der Waals surface area contributed by atoms with Gasteiger partial charge in [-0.15, -0.1) is 23.2 Å². The van der Waals surface area contributed by atoms with Gasteiger partial charge in [-0.1, -0.05) is 0 Å². The van der Waals surface area contributed by atoms with Crippen LogP contribution in [-0.2, 0) is 0 Å². The second-order valence-electron chi connectivity index (χ2n) is 4.14. The number of alkyl halides is 2. The van der Waals surface area contributed by atoms with Crippen LogP contribution in [0, 0.1) is 25.4 Å². The number of nitrogens with one attached hydrogen (secondary N) is 1. The third-order valence-electron chi connectivity index (χ3n) is 2.87. The summed E-state index contributed by atoms with van der Waals surface area (Å²) in [4.78, 5) is 33.5. The molecule has 0 saturated carbocycles. The largest absolute Gasteiger partial charge is 0.759 e. The van der Waals surface area contributed by atoms with Crippen molar-refractivity contribution in [3.8, 4) is 0 Å². The van der Waals surface area contributed by atoms with Crippen molar-refractivity contribution in [1.29, 1.82) is 0 Å². The van der Waals surface area contributed by atoms with E-state index in [4.69, 9.17) is 23.2 Å². The molecule has 12 heteroatoms. The van der Waals surface area contributed by atoms with Crippen molar-refractivity contribution in [1.82, 2.24) is 5.48 Å². The zero-order valence-electron chi connectivity index (χ0n) is 11.5. The van der Waals surface area contributed by atoms with Crippen molar-refractivity contribution < 1.29 is 14.6 Å². The predicted octanol–water partition coefficient (Wildman–Crippen LogP) is 2.01. The molecule has 0 fully saturated rings. The molecule has 1 aromatic carbocycles. The van der Waals surface area contributed by atoms with Crippen LogP contribution in [0.5, 0.6) is 0 Å². The number of hydrogen-bond acceptors (Lipinski definition) is 7. The van der Waals surface area contributed by atoms with Gasteiger partial charge in [0.15, 0.2) is 5.69 Å². The van der Waals surface area contributed by atoms with E-state index in [9.17, 15) is 30.2 Å². The van der Waals surface area contributed by atoms with Gasteiger partial charge in [-0.2, -0.15) is 0 Å². The first-order valence-electron chi connectivity index (χ1n) is 6.14. The van der Waals surface area contributed by atoms with Gasteiger partial charge in [-0.3, -0.25) is 25.0 Å². The van der Waals surface area contributed by atoms with Crippen LogP contribution in [0.3, 0.4) is 0 Å². The topological polar surface area (TPSA) is 142 Å². The number of rotatable bonds is 8. The van der Waals surface area contributed by atoms with E-state index in [1.54, 1.807) is 0 Å². The molecule has 1 aromatic rings. The number of hydrogen-bond donors (Lipinski definition) is 1. The van der Waals surface area contributed by atoms with Gasteiger partial charge in [0.1, 0.15) is 5.56 Å². The minimum absolute atomic E-state index is 0.0170. The molecule has 0 atom stereocenters. The number of nitro groups is 2. The van der Waals surface area contributed by atoms with E-state index in [-0.39, 0.29) is 24.8 Å². The Labute approximate surface area is 139 Å². The minimum atomic E-state index is -1.27. The van der Waals surface area contributed by atoms with E-state index in [2.05, 4.69) is 0 Å². The third kappa shape index (κ3) is 4.18. The third-order valence-corrected chi connectivity index (χ3v) is 3.21. The van der Waals surface area contributed by atoms with Gasteiger partial charge in [-0.05, 0) is 6.07 Å². The van der Waals surface area contributed by atoms with E-state index >= 15 is 0 Å². The van der Waals surface area contributed by atoms with Crippen LogP contribution in [0.25, 0.3) is 0 Å². The number of hydroxylamine groups is 1. The van der Waals surface area contributed by atoms with Crippen LogP contribution in [0.15, 0.2) is 12.1 Å². The SMILES string of the molecule is O=C(N[O-])c1ccc([N+](=O)[O-])c(N(CCCl)CCCl)c1[N+](=O)[O-]. The zero-order chi connectivity index (χ0) is 17.6. The fourth-order valence-electron chi connectivity index (χ4n) is 1.99. The number of nitro benzene ring substituents is 2. The molecule has 0 spiro atoms. The molecule has 0 unspecified atom stereocenters. The quantitative estimate of drug-likeness (QED) is 0.421. The van der Waals surface area contributed by atoms with Crippen LogP contribution < -0.4 is 10.4 Å². The molecule has 0 radical (unpaired) electrons. The number of carbonyl (C=O) groups is 1. The number of carbonyl (C=O) groups excluding carboxylic acids is 1. The fraction of sp³-hybridized carbons (Fsp3) is 0.364. The zero-order valence-corrected chi connectivity index (χ0v) is 13.0. The summed E-state index contributed by atoms with van der Waals surface area (Å²) < 4.78 is 0. The summed E-state index contributed by atoms with van der Waals surface area (Å²) >= 11 is 11.2. The summed E-state index contributed by atoms with van der Waals surface area (Å²) in [6.45, 7) is 0.0524. The number of anilines is 1. The Morgan fingerprint density at radius 1 is 1.13 bits per heavy atom. The van der Waals surface area contributed by atoms with Crippen LogP contribution in [0.2, 0.25) is 0 Å². The lowest BCUT2D eigenvalue weighted by Crippen LogP contribution is -2.30. The number of halogens is 2. The molecule has 0 heterocycles. The standard InChI is InChI=1S/C11H11Cl2N4O6/c12-3-5-15(6-4-13)10-8(16(20)21)2-1-7(11(18)14-19)9(10)17(22)23/h1-2H,3-6H2,(H-,14,18,19)/q-1. The molecule has 0 aliphatic rings. The van der Waals surface area contributed by atoms with Crippen molar-refractivity contribution in [3.63, 3.8) is 0 Å². The van der Waals surface area contributed by atoms with Crippen molar-refractivity contribution in [3.05, 3.63) is 43.1 Å². The molecule has 0 aromatic heterocycles. The van der Waals surface area contributed by atoms with Crippen molar-refractivity contribution >= 4 is 46.2 Å². The van der Waals surface area contributed by atoms with Gasteiger partial charge in [0.2, 0.25) is 5.91 Å². The van der Waals surface area contributed by atoms with Crippen molar-refractivity contribution in [2.24, 2.45) is 0 Å². The maximum Gasteiger partial charge on any atom is 0.312 e. The maximum atomic E-state index is 11.5. The van der Waals surface area contributed by atoms with E-state index in [0.717, 1.165) is 17.6 Å². The van der Waals surface area contributed by atoms with E-state index in [1.165, 1.54) is 4.90 Å². The molecule has 10 nitrogen and oxygen atoms in total. The number of nitrogens with zero attached hydrogens (tertiary/aromatic N) is 3. The van der Waals surface area contributed by atoms with Gasteiger partial charge in [0.05, 0.1) is 9.85 Å². The Hall–Kier alpha value is -2.17. The molecule has 0 saturated heterocycles. The average Bonchev–Trinajstić information content (AvgIpc) is 2.52. The summed E-state index contributed by atoms with van der Waals surface area (Å²) in [5.74, 6) is -1.24. The Bertz CT molecular complexity index is 621. The highest BCUT2D eigenvalue weighted by Crippen LogP contribution is 2.40. The van der Waals surface area contributed by atoms with E-state index < -0.39 is 38.4 Å². The van der Waals surface area contributed by atoms with E-state index in [0.29, 0.717) is 0 Å². The maximum absolute atomic E-state index is 11.5. The lowest BCUT2D eigenvalue weighted by Gasteiger charge is -2.23. The van der Waals surface area contributed by atoms with Gasteiger partial charge >= 0.3 is 5.69 Å². The van der Waals surface area contributed by atoms with Gasteiger partial charge in [0, 0.05) is 30.9 Å². The summed E-state index contributed by atoms with van der Waals surface area (Å²) in [5.41, 5.74) is -1.41. The first kappa shape index (κ1) is 18.9. The Morgan fingerprint density at radius 3 is 2.09 bits per heavy atom. The fourth-order valence-corrected chi connectivity index (χ4v) is 2.40. The smallest absolute Gasteiger partial charge is 0.312 e. The summed E-state index contributed by atoms with van der Waals surface area (Å²) in [7, 11) is 0. The Balaban J connectivity index is 3.73. The van der Waals surface area contributed by atoms with Crippen LogP contribution in [0.1, 0.15) is 10.4 Å². The molecule has 126 valence electrons. The van der Waals surface area contributed by atoms with Gasteiger partial charge in [-0.25, -0.2) is 0 Å². The molecule has 0 bridgehead atoms. The van der Waals surface area contributed by atoms with Gasteiger partial charge < -0.3 is 15.6 Å². The Morgan fingerprint density at radius 2 is 1.70 bits per heavy atom. The average molecular weight is 366 g/mol. The first-order chi connectivity index (χ1) is 10.9. The highest BCUT2D eigenvalue weighted by molar-refractivity contribution is 6.18. The van der Waals surface area contributed by atoms with Gasteiger partial charge in [0.25, 0.3) is 5.69 Å². The van der Waals surface area contributed by atoms with E-state index in [1.807, 2.05) is 0 Å². The second kappa shape index (κ2) is 8.46. The summed E-state index contributed by atoms with van der Waals surface area (Å²) in [6, 6.07) is 1.77. The molecular weight excluding hydrogens is 355 g/mol. The molecule has 23 heavy (non-hydrogen) atoms. The first-order valence-corrected chi connectivity index (χ1v) is 7.21. The molecule has 1 amide bonds. The van der Waals surface area contributed by atoms with Crippen molar-refractivity contribution in [2.75, 3.05) is 29.7 Å². The lowest BCUT2D eigenvalue weighted by atomic mass is 10.1. The lowest BCUT2D eigenvalue weighted by molar-refractivity contribution is -0.392. The predicted molar refractivity (Wildman–Crippen MR) is 84.2 cm³/mol. The Kier molecular flexibility index (Phi) is 6.94. The molecule has 0 aliphatic carbocycles. The molecule has 1 N–H and O–H groups in total. The minimum Gasteiger partial charge on any atom is -0.759 e. The number of amides is 1. The highest BCUT2D eigenvalue weighted by Gasteiger charge is 2.34. The normalized spacial score (nSPS) is 10.2. The van der Waals surface area contributed by atoms with Crippen LogP contribution in [0.4, 0.5) is 17.1 Å². The molecular formula is C11H11Cl2N4O6-. The molecule has 0 aliphatic heterocycles. The highest BCUT2D eigenvalue weighted by atomic mass is 35.5. The van der Waals surface area contributed by atoms with Crippen LogP contribution >= 0.6 is 23.2 Å².